The normalized spacial score (nSPS) is 12.0. The van der Waals surface area contributed by atoms with E-state index >= 15 is 0 Å². The van der Waals surface area contributed by atoms with Gasteiger partial charge in [-0.05, 0) is 115 Å². The van der Waals surface area contributed by atoms with E-state index in [1.54, 1.807) is 5.56 Å². The number of allylic oxidation sites excluding steroid dienone is 2. The van der Waals surface area contributed by atoms with Gasteiger partial charge in [0.2, 0.25) is 11.4 Å². The van der Waals surface area contributed by atoms with Crippen LogP contribution in [0, 0.1) is 13.8 Å². The zero-order valence-electron chi connectivity index (χ0n) is 62.9. The van der Waals surface area contributed by atoms with Crippen molar-refractivity contribution in [2.45, 2.75) is 453 Å². The van der Waals surface area contributed by atoms with Crippen molar-refractivity contribution < 1.29 is 21.2 Å². The average molecular weight is 1300 g/mol. The summed E-state index contributed by atoms with van der Waals surface area (Å²) in [6.45, 7) is 26.0. The Morgan fingerprint density at radius 2 is 0.462 bits per heavy atom. The SMILES string of the molecule is CCCCCCc1cc(C2=CC=C(c3cc(CC)c(CC)c(CC)c3)[N+]2=[N-])cc(CCCCCC)c1CCCCCC.[CH2-]CCCCCCCCCCCCCCCCCCCCCCC.[CH2-]CCCCCCCCCCCCCCCCCCCCCCC.[Ni+2]. The predicted molar refractivity (Wildman–Crippen MR) is 409 cm³/mol. The van der Waals surface area contributed by atoms with E-state index in [1.165, 1.54) is 391 Å². The topological polar surface area (TPSA) is 25.3 Å². The minimum Gasteiger partial charge on any atom is -0.493 e. The molecule has 0 spiro atoms. The molecular formula is C88H158N2Ni. The van der Waals surface area contributed by atoms with Gasteiger partial charge in [-0.3, -0.25) is 0 Å². The van der Waals surface area contributed by atoms with E-state index in [0.717, 1.165) is 61.9 Å². The molecule has 1 aliphatic rings. The maximum absolute atomic E-state index is 11.6. The number of hydrogen-bond donors (Lipinski definition) is 0. The third-order valence-electron chi connectivity index (χ3n) is 20.0. The standard InChI is InChI=1S/C40H60N2.2C24H49.Ni/c1-7-13-16-19-22-33-29-36(30-34(23-20-17-14-8-2)38(33)24-21-18-15-9-3)40-26-25-39(42(40)41)35-27-31(10-4)37(12-6)32(11-5)28-35;2*1-3-5-7-9-11-13-15-17-19-21-23-24-22-20-18-16-14-12-10-8-6-4-2;/h25-30H,7-24H2,1-6H3;2*1,3-24H2,2H3;/q;2*-1;+2. The molecule has 2 nitrogen and oxygen atoms in total. The van der Waals surface area contributed by atoms with E-state index in [2.05, 4.69) is 106 Å². The molecule has 2 aromatic rings. The largest absolute Gasteiger partial charge is 2.00 e. The molecule has 1 aliphatic heterocycles. The average Bonchev–Trinajstić information content (AvgIpc) is 1.80. The molecule has 0 atom stereocenters. The summed E-state index contributed by atoms with van der Waals surface area (Å²) in [5.74, 6) is 0. The molecule has 3 heteroatoms. The van der Waals surface area contributed by atoms with Crippen molar-refractivity contribution >= 4 is 11.4 Å². The Kier molecular flexibility index (Phi) is 66.5. The number of hydrogen-bond acceptors (Lipinski definition) is 0. The second-order valence-corrected chi connectivity index (χ2v) is 28.3. The summed E-state index contributed by atoms with van der Waals surface area (Å²) in [6.07, 6.45) is 89.9. The molecule has 0 amide bonds. The van der Waals surface area contributed by atoms with Crippen molar-refractivity contribution in [1.82, 2.24) is 0 Å². The Morgan fingerprint density at radius 3 is 0.681 bits per heavy atom. The molecule has 3 rings (SSSR count). The monoisotopic (exact) mass is 1300 g/mol. The molecule has 0 aliphatic carbocycles. The van der Waals surface area contributed by atoms with E-state index in [0.29, 0.717) is 0 Å². The Bertz CT molecular complexity index is 1810. The van der Waals surface area contributed by atoms with Crippen LogP contribution < -0.4 is 0 Å². The summed E-state index contributed by atoms with van der Waals surface area (Å²) in [5.41, 5.74) is 24.7. The molecule has 0 radical (unpaired) electrons. The number of benzene rings is 2. The van der Waals surface area contributed by atoms with E-state index in [9.17, 15) is 5.53 Å². The van der Waals surface area contributed by atoms with Crippen LogP contribution in [0.1, 0.15) is 459 Å². The fourth-order valence-corrected chi connectivity index (χ4v) is 14.0. The molecule has 0 fully saturated rings. The van der Waals surface area contributed by atoms with Crippen LogP contribution in [0.5, 0.6) is 0 Å². The van der Waals surface area contributed by atoms with Gasteiger partial charge in [0.1, 0.15) is 0 Å². The van der Waals surface area contributed by atoms with Crippen LogP contribution in [0.3, 0.4) is 0 Å². The Labute approximate surface area is 582 Å². The van der Waals surface area contributed by atoms with Crippen LogP contribution in [0.15, 0.2) is 36.4 Å². The summed E-state index contributed by atoms with van der Waals surface area (Å²) in [7, 11) is 0. The van der Waals surface area contributed by atoms with Crippen LogP contribution in [0.25, 0.3) is 16.9 Å². The van der Waals surface area contributed by atoms with Gasteiger partial charge in [-0.25, -0.2) is 4.70 Å². The van der Waals surface area contributed by atoms with Crippen LogP contribution in [0.4, 0.5) is 0 Å². The minimum atomic E-state index is 0. The van der Waals surface area contributed by atoms with E-state index in [1.807, 2.05) is 0 Å². The number of nitrogens with zero attached hydrogens (tertiary/aromatic N) is 2. The van der Waals surface area contributed by atoms with Crippen LogP contribution >= 0.6 is 0 Å². The maximum Gasteiger partial charge on any atom is 2.00 e. The van der Waals surface area contributed by atoms with Gasteiger partial charge in [-0.15, -0.1) is 0 Å². The van der Waals surface area contributed by atoms with E-state index < -0.39 is 0 Å². The molecule has 1 heterocycles. The Hall–Kier alpha value is -1.99. The summed E-state index contributed by atoms with van der Waals surface area (Å²) < 4.78 is 1.47. The first kappa shape index (κ1) is 89.0. The van der Waals surface area contributed by atoms with Crippen molar-refractivity contribution in [3.05, 3.63) is 100 Å². The summed E-state index contributed by atoms with van der Waals surface area (Å²) in [4.78, 5) is 0. The van der Waals surface area contributed by atoms with Crippen molar-refractivity contribution in [1.29, 1.82) is 0 Å². The molecule has 0 unspecified atom stereocenters. The van der Waals surface area contributed by atoms with Crippen LogP contribution in [-0.2, 0) is 55.0 Å². The maximum atomic E-state index is 11.6. The van der Waals surface area contributed by atoms with Crippen molar-refractivity contribution in [2.24, 2.45) is 0 Å². The predicted octanol–water partition coefficient (Wildman–Crippen LogP) is 31.0. The smallest absolute Gasteiger partial charge is 0.493 e. The quantitative estimate of drug-likeness (QED) is 0.0273. The second kappa shape index (κ2) is 68.0. The van der Waals surface area contributed by atoms with Crippen LogP contribution in [0.2, 0.25) is 0 Å². The van der Waals surface area contributed by atoms with Crippen molar-refractivity contribution in [2.75, 3.05) is 0 Å². The first-order valence-corrected chi connectivity index (χ1v) is 41.1. The third kappa shape index (κ3) is 47.6. The summed E-state index contributed by atoms with van der Waals surface area (Å²) >= 11 is 0. The van der Waals surface area contributed by atoms with Gasteiger partial charge < -0.3 is 19.4 Å². The summed E-state index contributed by atoms with van der Waals surface area (Å²) in [5, 5.41) is 0. The number of rotatable bonds is 62. The van der Waals surface area contributed by atoms with Crippen molar-refractivity contribution in [3.63, 3.8) is 0 Å². The zero-order chi connectivity index (χ0) is 65.4. The molecular weight excluding hydrogens is 1140 g/mol. The molecule has 0 saturated heterocycles. The molecule has 91 heavy (non-hydrogen) atoms. The van der Waals surface area contributed by atoms with Crippen LogP contribution in [-0.4, -0.2) is 4.70 Å². The van der Waals surface area contributed by atoms with Gasteiger partial charge in [0.05, 0.1) is 0 Å². The Balaban J connectivity index is 0.00000143. The van der Waals surface area contributed by atoms with Gasteiger partial charge >= 0.3 is 16.5 Å². The van der Waals surface area contributed by atoms with Gasteiger partial charge in [-0.1, -0.05) is 383 Å². The molecule has 530 valence electrons. The Morgan fingerprint density at radius 1 is 0.253 bits per heavy atom. The van der Waals surface area contributed by atoms with Crippen molar-refractivity contribution in [3.8, 4) is 0 Å². The molecule has 2 aromatic carbocycles. The zero-order valence-corrected chi connectivity index (χ0v) is 63.9. The molecule has 0 bridgehead atoms. The van der Waals surface area contributed by atoms with Gasteiger partial charge in [0, 0.05) is 23.3 Å². The molecule has 0 saturated carbocycles. The molecule has 0 aromatic heterocycles. The molecule has 0 N–H and O–H groups in total. The first-order valence-electron chi connectivity index (χ1n) is 41.1. The number of aryl methyl sites for hydroxylation is 4. The fraction of sp³-hybridized carbons (Fsp3) is 0.795. The fourth-order valence-electron chi connectivity index (χ4n) is 14.0. The van der Waals surface area contributed by atoms with Gasteiger partial charge in [0.15, 0.2) is 0 Å². The van der Waals surface area contributed by atoms with E-state index in [4.69, 9.17) is 0 Å². The summed E-state index contributed by atoms with van der Waals surface area (Å²) in [6, 6.07) is 9.47. The number of unbranched alkanes of at least 4 members (excludes halogenated alkanes) is 51. The third-order valence-corrected chi connectivity index (χ3v) is 20.0. The van der Waals surface area contributed by atoms with Gasteiger partial charge in [0.25, 0.3) is 0 Å². The van der Waals surface area contributed by atoms with Gasteiger partial charge in [-0.2, -0.15) is 12.8 Å². The first-order chi connectivity index (χ1) is 44.3. The van der Waals surface area contributed by atoms with E-state index in [-0.39, 0.29) is 16.5 Å². The second-order valence-electron chi connectivity index (χ2n) is 28.3. The minimum absolute atomic E-state index is 0.